The molecular formula is C18H13Cl3N2O2. The average molecular weight is 396 g/mol. The van der Waals surface area contributed by atoms with Crippen LogP contribution in [0.3, 0.4) is 0 Å². The van der Waals surface area contributed by atoms with E-state index in [0.29, 0.717) is 15.1 Å². The quantitative estimate of drug-likeness (QED) is 0.364. The molecule has 0 saturated carbocycles. The lowest BCUT2D eigenvalue weighted by molar-refractivity contribution is -0.384. The number of benzene rings is 2. The minimum Gasteiger partial charge on any atom is -0.378 e. The van der Waals surface area contributed by atoms with Gasteiger partial charge in [-0.1, -0.05) is 47.0 Å². The van der Waals surface area contributed by atoms with E-state index in [1.807, 2.05) is 6.07 Å². The number of hydrogen-bond acceptors (Lipinski definition) is 3. The summed E-state index contributed by atoms with van der Waals surface area (Å²) in [6, 6.07) is 7.97. The average Bonchev–Trinajstić information content (AvgIpc) is 3.03. The van der Waals surface area contributed by atoms with E-state index < -0.39 is 4.92 Å². The number of nitro groups is 1. The van der Waals surface area contributed by atoms with Gasteiger partial charge >= 0.3 is 0 Å². The summed E-state index contributed by atoms with van der Waals surface area (Å²) in [6.45, 7) is 0. The summed E-state index contributed by atoms with van der Waals surface area (Å²) in [5, 5.41) is 16.3. The molecule has 1 heterocycles. The Hall–Kier alpha value is -1.75. The van der Waals surface area contributed by atoms with E-state index in [2.05, 4.69) is 17.5 Å². The molecule has 3 unspecified atom stereocenters. The molecule has 7 heteroatoms. The lowest BCUT2D eigenvalue weighted by Gasteiger charge is -2.38. The molecule has 4 nitrogen and oxygen atoms in total. The zero-order valence-corrected chi connectivity index (χ0v) is 15.1. The van der Waals surface area contributed by atoms with Gasteiger partial charge in [0.2, 0.25) is 0 Å². The maximum absolute atomic E-state index is 11.2. The van der Waals surface area contributed by atoms with E-state index in [4.69, 9.17) is 34.8 Å². The summed E-state index contributed by atoms with van der Waals surface area (Å²) < 4.78 is 0. The molecule has 0 aromatic heterocycles. The van der Waals surface area contributed by atoms with Gasteiger partial charge in [-0.15, -0.1) is 0 Å². The Kier molecular flexibility index (Phi) is 4.14. The third kappa shape index (κ3) is 2.78. The zero-order chi connectivity index (χ0) is 17.7. The fourth-order valence-electron chi connectivity index (χ4n) is 3.83. The number of anilines is 1. The first-order chi connectivity index (χ1) is 12.0. The monoisotopic (exact) mass is 394 g/mol. The van der Waals surface area contributed by atoms with E-state index in [1.165, 1.54) is 6.07 Å². The lowest BCUT2D eigenvalue weighted by atomic mass is 9.77. The van der Waals surface area contributed by atoms with Crippen LogP contribution in [0.5, 0.6) is 0 Å². The fourth-order valence-corrected chi connectivity index (χ4v) is 4.69. The number of non-ortho nitro benzene ring substituents is 1. The molecule has 2 aromatic rings. The number of nitrogens with one attached hydrogen (secondary N) is 1. The predicted octanol–water partition coefficient (Wildman–Crippen LogP) is 6.38. The van der Waals surface area contributed by atoms with Crippen LogP contribution in [-0.4, -0.2) is 4.92 Å². The largest absolute Gasteiger partial charge is 0.378 e. The van der Waals surface area contributed by atoms with Gasteiger partial charge in [0.1, 0.15) is 0 Å². The Morgan fingerprint density at radius 1 is 1.12 bits per heavy atom. The standard InChI is InChI=1S/C18H13Cl3N2O2/c19-9-6-15(21)17-11-2-1-3-12(11)18(22-16(17)7-9)13-8-10(23(24)25)4-5-14(13)20/h1-2,4-8,11-12,18,22H,3H2. The first-order valence-electron chi connectivity index (χ1n) is 7.81. The molecule has 0 spiro atoms. The van der Waals surface area contributed by atoms with Crippen LogP contribution in [0.15, 0.2) is 42.5 Å². The van der Waals surface area contributed by atoms with Crippen LogP contribution >= 0.6 is 34.8 Å². The lowest BCUT2D eigenvalue weighted by Crippen LogP contribution is -2.29. The molecule has 128 valence electrons. The van der Waals surface area contributed by atoms with Crippen LogP contribution in [0.4, 0.5) is 11.4 Å². The van der Waals surface area contributed by atoms with Crippen molar-refractivity contribution in [2.45, 2.75) is 18.4 Å². The summed E-state index contributed by atoms with van der Waals surface area (Å²) in [7, 11) is 0. The maximum atomic E-state index is 11.2. The van der Waals surface area contributed by atoms with Gasteiger partial charge in [0.05, 0.1) is 11.0 Å². The molecule has 25 heavy (non-hydrogen) atoms. The Balaban J connectivity index is 1.85. The van der Waals surface area contributed by atoms with Gasteiger partial charge in [-0.3, -0.25) is 10.1 Å². The highest BCUT2D eigenvalue weighted by molar-refractivity contribution is 6.35. The molecule has 1 N–H and O–H groups in total. The van der Waals surface area contributed by atoms with Crippen LogP contribution in [0.1, 0.15) is 29.5 Å². The van der Waals surface area contributed by atoms with Crippen molar-refractivity contribution in [3.05, 3.63) is 78.8 Å². The molecular weight excluding hydrogens is 383 g/mol. The number of fused-ring (bicyclic) bond motifs is 3. The second-order valence-electron chi connectivity index (χ2n) is 6.29. The predicted molar refractivity (Wildman–Crippen MR) is 101 cm³/mol. The molecule has 2 aromatic carbocycles. The fraction of sp³-hybridized carbons (Fsp3) is 0.222. The third-order valence-corrected chi connectivity index (χ3v) is 5.78. The smallest absolute Gasteiger partial charge is 0.269 e. The number of halogens is 3. The Bertz CT molecular complexity index is 913. The number of allylic oxidation sites excluding steroid dienone is 2. The van der Waals surface area contributed by atoms with Gasteiger partial charge in [0.15, 0.2) is 0 Å². The van der Waals surface area contributed by atoms with Crippen LogP contribution in [0, 0.1) is 16.0 Å². The van der Waals surface area contributed by atoms with Crippen LogP contribution in [-0.2, 0) is 0 Å². The van der Waals surface area contributed by atoms with Crippen LogP contribution < -0.4 is 5.32 Å². The van der Waals surface area contributed by atoms with Gasteiger partial charge in [-0.05, 0) is 30.5 Å². The third-order valence-electron chi connectivity index (χ3n) is 4.91. The highest BCUT2D eigenvalue weighted by atomic mass is 35.5. The van der Waals surface area contributed by atoms with Crippen molar-refractivity contribution in [3.8, 4) is 0 Å². The first-order valence-corrected chi connectivity index (χ1v) is 8.95. The molecule has 0 radical (unpaired) electrons. The van der Waals surface area contributed by atoms with Crippen molar-refractivity contribution in [2.24, 2.45) is 5.92 Å². The topological polar surface area (TPSA) is 55.2 Å². The highest BCUT2D eigenvalue weighted by Crippen LogP contribution is 2.53. The SMILES string of the molecule is O=[N+]([O-])c1ccc(Cl)c(C2Nc3cc(Cl)cc(Cl)c3C3C=CCC32)c1. The number of hydrogen-bond donors (Lipinski definition) is 1. The van der Waals surface area contributed by atoms with Gasteiger partial charge in [0.25, 0.3) is 5.69 Å². The molecule has 0 bridgehead atoms. The molecule has 0 amide bonds. The molecule has 0 fully saturated rings. The summed E-state index contributed by atoms with van der Waals surface area (Å²) in [5.41, 5.74) is 2.61. The van der Waals surface area contributed by atoms with Gasteiger partial charge in [-0.25, -0.2) is 0 Å². The van der Waals surface area contributed by atoms with E-state index in [1.54, 1.807) is 18.2 Å². The second kappa shape index (κ2) is 6.20. The molecule has 4 rings (SSSR count). The summed E-state index contributed by atoms with van der Waals surface area (Å²) >= 11 is 19.0. The van der Waals surface area contributed by atoms with Crippen LogP contribution in [0.2, 0.25) is 15.1 Å². The van der Waals surface area contributed by atoms with E-state index in [-0.39, 0.29) is 23.6 Å². The number of nitrogens with zero attached hydrogens (tertiary/aromatic N) is 1. The van der Waals surface area contributed by atoms with Gasteiger partial charge in [-0.2, -0.15) is 0 Å². The van der Waals surface area contributed by atoms with Gasteiger partial charge in [0, 0.05) is 49.9 Å². The van der Waals surface area contributed by atoms with E-state index >= 15 is 0 Å². The number of rotatable bonds is 2. The first kappa shape index (κ1) is 16.7. The number of nitro benzene ring substituents is 1. The summed E-state index contributed by atoms with van der Waals surface area (Å²) in [6.07, 6.45) is 5.11. The molecule has 3 atom stereocenters. The highest BCUT2D eigenvalue weighted by Gasteiger charge is 2.40. The molecule has 0 saturated heterocycles. The van der Waals surface area contributed by atoms with E-state index in [9.17, 15) is 10.1 Å². The Labute approximate surface area is 159 Å². The van der Waals surface area contributed by atoms with Crippen molar-refractivity contribution in [1.29, 1.82) is 0 Å². The second-order valence-corrected chi connectivity index (χ2v) is 7.54. The van der Waals surface area contributed by atoms with Gasteiger partial charge < -0.3 is 5.32 Å². The molecule has 1 aliphatic carbocycles. The molecule has 1 aliphatic heterocycles. The van der Waals surface area contributed by atoms with Crippen molar-refractivity contribution < 1.29 is 4.92 Å². The minimum absolute atomic E-state index is 0.0265. The van der Waals surface area contributed by atoms with Crippen molar-refractivity contribution in [1.82, 2.24) is 0 Å². The zero-order valence-electron chi connectivity index (χ0n) is 12.9. The van der Waals surface area contributed by atoms with Crippen LogP contribution in [0.25, 0.3) is 0 Å². The summed E-state index contributed by atoms with van der Waals surface area (Å²) in [4.78, 5) is 10.7. The molecule has 2 aliphatic rings. The van der Waals surface area contributed by atoms with E-state index in [0.717, 1.165) is 23.2 Å². The van der Waals surface area contributed by atoms with Crippen molar-refractivity contribution >= 4 is 46.2 Å². The minimum atomic E-state index is -0.408. The normalized spacial score (nSPS) is 23.7. The Morgan fingerprint density at radius 2 is 1.92 bits per heavy atom. The van der Waals surface area contributed by atoms with Crippen molar-refractivity contribution in [2.75, 3.05) is 5.32 Å². The van der Waals surface area contributed by atoms with Crippen molar-refractivity contribution in [3.63, 3.8) is 0 Å². The Morgan fingerprint density at radius 3 is 2.68 bits per heavy atom. The maximum Gasteiger partial charge on any atom is 0.269 e. The summed E-state index contributed by atoms with van der Waals surface area (Å²) in [5.74, 6) is 0.312.